The Morgan fingerprint density at radius 1 is 1.39 bits per heavy atom. The van der Waals surface area contributed by atoms with Gasteiger partial charge in [0.15, 0.2) is 0 Å². The van der Waals surface area contributed by atoms with Gasteiger partial charge in [0, 0.05) is 25.7 Å². The number of aliphatic hydroxyl groups excluding tert-OH is 1. The Labute approximate surface area is 109 Å². The second kappa shape index (κ2) is 8.08. The van der Waals surface area contributed by atoms with Crippen LogP contribution in [-0.4, -0.2) is 38.1 Å². The number of hydrogen-bond acceptors (Lipinski definition) is 4. The minimum Gasteiger partial charge on any atom is -0.497 e. The average Bonchev–Trinajstić information content (AvgIpc) is 2.40. The van der Waals surface area contributed by atoms with E-state index in [9.17, 15) is 5.11 Å². The third-order valence-electron chi connectivity index (χ3n) is 3.00. The first kappa shape index (κ1) is 15.0. The zero-order valence-corrected chi connectivity index (χ0v) is 11.1. The van der Waals surface area contributed by atoms with Crippen LogP contribution in [0.5, 0.6) is 5.75 Å². The Morgan fingerprint density at radius 2 is 2.17 bits per heavy atom. The maximum Gasteiger partial charge on any atom is 0.119 e. The third-order valence-corrected chi connectivity index (χ3v) is 3.00. The number of benzene rings is 1. The highest BCUT2D eigenvalue weighted by molar-refractivity contribution is 5.31. The van der Waals surface area contributed by atoms with Crippen LogP contribution >= 0.6 is 0 Å². The van der Waals surface area contributed by atoms with E-state index in [1.165, 1.54) is 0 Å². The zero-order valence-electron chi connectivity index (χ0n) is 11.1. The molecular formula is C14H23NO3. The van der Waals surface area contributed by atoms with Crippen LogP contribution in [0.1, 0.15) is 24.8 Å². The van der Waals surface area contributed by atoms with Gasteiger partial charge in [0.1, 0.15) is 5.75 Å². The van der Waals surface area contributed by atoms with E-state index in [2.05, 4.69) is 0 Å². The summed E-state index contributed by atoms with van der Waals surface area (Å²) in [6, 6.07) is 7.67. The van der Waals surface area contributed by atoms with E-state index in [0.717, 1.165) is 11.3 Å². The summed E-state index contributed by atoms with van der Waals surface area (Å²) in [5, 5.41) is 10.2. The monoisotopic (exact) mass is 253 g/mol. The molecule has 2 atom stereocenters. The Hall–Kier alpha value is -1.10. The van der Waals surface area contributed by atoms with Crippen molar-refractivity contribution in [3.63, 3.8) is 0 Å². The van der Waals surface area contributed by atoms with Crippen LogP contribution in [0.2, 0.25) is 0 Å². The fraction of sp³-hybridized carbons (Fsp3) is 0.571. The molecule has 1 rings (SSSR count). The maximum atomic E-state index is 10.2. The first-order valence-electron chi connectivity index (χ1n) is 6.32. The second-order valence-corrected chi connectivity index (χ2v) is 4.17. The van der Waals surface area contributed by atoms with Crippen LogP contribution in [0, 0.1) is 0 Å². The fourth-order valence-corrected chi connectivity index (χ4v) is 1.94. The highest BCUT2D eigenvalue weighted by atomic mass is 16.5. The van der Waals surface area contributed by atoms with E-state index in [1.54, 1.807) is 7.11 Å². The second-order valence-electron chi connectivity index (χ2n) is 4.17. The standard InChI is InChI=1S/C14H23NO3/c1-3-18-8-7-14(16)13(10-15)11-5-4-6-12(9-11)17-2/h4-6,9,13-14,16H,3,7-8,10,15H2,1-2H3. The molecule has 0 amide bonds. The number of nitrogens with two attached hydrogens (primary N) is 1. The Bertz CT molecular complexity index is 344. The summed E-state index contributed by atoms with van der Waals surface area (Å²) in [7, 11) is 1.63. The van der Waals surface area contributed by atoms with Crippen molar-refractivity contribution in [1.82, 2.24) is 0 Å². The molecule has 102 valence electrons. The van der Waals surface area contributed by atoms with Gasteiger partial charge in [0.05, 0.1) is 13.2 Å². The molecule has 0 aliphatic carbocycles. The summed E-state index contributed by atoms with van der Waals surface area (Å²) in [6.07, 6.45) is 0.0982. The van der Waals surface area contributed by atoms with Gasteiger partial charge < -0.3 is 20.3 Å². The molecule has 3 N–H and O–H groups in total. The van der Waals surface area contributed by atoms with E-state index >= 15 is 0 Å². The fourth-order valence-electron chi connectivity index (χ4n) is 1.94. The molecule has 0 aromatic heterocycles. The van der Waals surface area contributed by atoms with Crippen molar-refractivity contribution < 1.29 is 14.6 Å². The number of methoxy groups -OCH3 is 1. The molecule has 2 unspecified atom stereocenters. The molecule has 18 heavy (non-hydrogen) atoms. The van der Waals surface area contributed by atoms with Gasteiger partial charge in [-0.15, -0.1) is 0 Å². The van der Waals surface area contributed by atoms with Crippen molar-refractivity contribution in [2.24, 2.45) is 5.73 Å². The SMILES string of the molecule is CCOCCC(O)C(CN)c1cccc(OC)c1. The topological polar surface area (TPSA) is 64.7 Å². The Morgan fingerprint density at radius 3 is 2.78 bits per heavy atom. The minimum absolute atomic E-state index is 0.0828. The van der Waals surface area contributed by atoms with Crippen molar-refractivity contribution in [3.8, 4) is 5.75 Å². The third kappa shape index (κ3) is 4.29. The molecule has 0 fully saturated rings. The van der Waals surface area contributed by atoms with Gasteiger partial charge in [-0.3, -0.25) is 0 Å². The summed E-state index contributed by atoms with van der Waals surface area (Å²) in [6.45, 7) is 3.56. The number of aliphatic hydroxyl groups is 1. The molecule has 4 nitrogen and oxygen atoms in total. The van der Waals surface area contributed by atoms with Crippen LogP contribution in [0.15, 0.2) is 24.3 Å². The smallest absolute Gasteiger partial charge is 0.119 e. The lowest BCUT2D eigenvalue weighted by Crippen LogP contribution is -2.27. The molecular weight excluding hydrogens is 230 g/mol. The van der Waals surface area contributed by atoms with E-state index in [-0.39, 0.29) is 5.92 Å². The first-order valence-corrected chi connectivity index (χ1v) is 6.32. The number of ether oxygens (including phenoxy) is 2. The van der Waals surface area contributed by atoms with Gasteiger partial charge in [-0.05, 0) is 31.0 Å². The number of hydrogen-bond donors (Lipinski definition) is 2. The number of rotatable bonds is 8. The summed E-state index contributed by atoms with van der Waals surface area (Å²) < 4.78 is 10.4. The largest absolute Gasteiger partial charge is 0.497 e. The van der Waals surface area contributed by atoms with Gasteiger partial charge in [0.25, 0.3) is 0 Å². The maximum absolute atomic E-state index is 10.2. The molecule has 0 spiro atoms. The van der Waals surface area contributed by atoms with Crippen LogP contribution < -0.4 is 10.5 Å². The molecule has 0 heterocycles. The van der Waals surface area contributed by atoms with Crippen molar-refractivity contribution >= 4 is 0 Å². The highest BCUT2D eigenvalue weighted by Crippen LogP contribution is 2.24. The van der Waals surface area contributed by atoms with Gasteiger partial charge in [-0.25, -0.2) is 0 Å². The first-order chi connectivity index (χ1) is 8.72. The molecule has 0 saturated heterocycles. The molecule has 1 aromatic rings. The molecule has 0 aliphatic heterocycles. The highest BCUT2D eigenvalue weighted by Gasteiger charge is 2.19. The summed E-state index contributed by atoms with van der Waals surface area (Å²) in [4.78, 5) is 0. The minimum atomic E-state index is -0.492. The predicted octanol–water partition coefficient (Wildman–Crippen LogP) is 1.52. The predicted molar refractivity (Wildman–Crippen MR) is 71.9 cm³/mol. The summed E-state index contributed by atoms with van der Waals surface area (Å²) >= 11 is 0. The Balaban J connectivity index is 2.68. The van der Waals surface area contributed by atoms with E-state index in [4.69, 9.17) is 15.2 Å². The van der Waals surface area contributed by atoms with E-state index < -0.39 is 6.10 Å². The molecule has 0 radical (unpaired) electrons. The van der Waals surface area contributed by atoms with Crippen LogP contribution in [-0.2, 0) is 4.74 Å². The van der Waals surface area contributed by atoms with E-state index in [0.29, 0.717) is 26.2 Å². The molecule has 1 aromatic carbocycles. The van der Waals surface area contributed by atoms with Crippen molar-refractivity contribution in [2.45, 2.75) is 25.4 Å². The lowest BCUT2D eigenvalue weighted by molar-refractivity contribution is 0.0752. The lowest BCUT2D eigenvalue weighted by atomic mass is 9.91. The van der Waals surface area contributed by atoms with Gasteiger partial charge in [-0.1, -0.05) is 12.1 Å². The lowest BCUT2D eigenvalue weighted by Gasteiger charge is -2.22. The van der Waals surface area contributed by atoms with Gasteiger partial charge in [-0.2, -0.15) is 0 Å². The molecule has 4 heteroatoms. The average molecular weight is 253 g/mol. The summed E-state index contributed by atoms with van der Waals surface area (Å²) in [5.74, 6) is 0.698. The van der Waals surface area contributed by atoms with E-state index in [1.807, 2.05) is 31.2 Å². The summed E-state index contributed by atoms with van der Waals surface area (Å²) in [5.41, 5.74) is 6.76. The molecule has 0 aliphatic rings. The van der Waals surface area contributed by atoms with Crippen LogP contribution in [0.4, 0.5) is 0 Å². The van der Waals surface area contributed by atoms with Gasteiger partial charge >= 0.3 is 0 Å². The molecule has 0 saturated carbocycles. The zero-order chi connectivity index (χ0) is 13.4. The van der Waals surface area contributed by atoms with Crippen LogP contribution in [0.3, 0.4) is 0 Å². The van der Waals surface area contributed by atoms with Crippen LogP contribution in [0.25, 0.3) is 0 Å². The van der Waals surface area contributed by atoms with Gasteiger partial charge in [0.2, 0.25) is 0 Å². The van der Waals surface area contributed by atoms with Crippen molar-refractivity contribution in [2.75, 3.05) is 26.9 Å². The van der Waals surface area contributed by atoms with Crippen molar-refractivity contribution in [3.05, 3.63) is 29.8 Å². The quantitative estimate of drug-likeness (QED) is 0.690. The normalized spacial score (nSPS) is 14.2. The van der Waals surface area contributed by atoms with Crippen molar-refractivity contribution in [1.29, 1.82) is 0 Å². The Kier molecular flexibility index (Phi) is 6.72. The molecule has 0 bridgehead atoms.